The Balaban J connectivity index is 1.86. The molecular weight excluding hydrogens is 294 g/mol. The molecule has 1 fully saturated rings. The van der Waals surface area contributed by atoms with E-state index >= 15 is 0 Å². The lowest BCUT2D eigenvalue weighted by Gasteiger charge is -2.32. The molecule has 0 saturated carbocycles. The van der Waals surface area contributed by atoms with Gasteiger partial charge in [0.25, 0.3) is 0 Å². The molecule has 1 aliphatic carbocycles. The summed E-state index contributed by atoms with van der Waals surface area (Å²) >= 11 is 3.53. The van der Waals surface area contributed by atoms with Gasteiger partial charge in [0.2, 0.25) is 0 Å². The van der Waals surface area contributed by atoms with Gasteiger partial charge in [-0.25, -0.2) is 0 Å². The van der Waals surface area contributed by atoms with Crippen LogP contribution in [0.3, 0.4) is 0 Å². The normalized spacial score (nSPS) is 31.4. The third-order valence-corrected chi connectivity index (χ3v) is 4.54. The molecule has 18 heavy (non-hydrogen) atoms. The summed E-state index contributed by atoms with van der Waals surface area (Å²) in [6.07, 6.45) is 0.809. The number of benzene rings is 1. The van der Waals surface area contributed by atoms with Gasteiger partial charge in [0, 0.05) is 28.0 Å². The van der Waals surface area contributed by atoms with Gasteiger partial charge in [0.05, 0.1) is 13.2 Å². The summed E-state index contributed by atoms with van der Waals surface area (Å²) in [5.41, 5.74) is 2.02. The van der Waals surface area contributed by atoms with Crippen molar-refractivity contribution in [1.82, 2.24) is 5.32 Å². The third-order valence-electron chi connectivity index (χ3n) is 3.79. The number of ether oxygens (including phenoxy) is 1. The predicted molar refractivity (Wildman–Crippen MR) is 72.9 cm³/mol. The molecule has 0 bridgehead atoms. The number of Topliss-reactive ketones (excluding diaryl/α,β-unsaturated/α-hetero) is 1. The van der Waals surface area contributed by atoms with E-state index in [0.717, 1.165) is 28.6 Å². The Kier molecular flexibility index (Phi) is 3.26. The summed E-state index contributed by atoms with van der Waals surface area (Å²) in [6.45, 7) is 3.45. The number of hydrogen-bond donors (Lipinski definition) is 1. The fourth-order valence-corrected chi connectivity index (χ4v) is 3.43. The van der Waals surface area contributed by atoms with Crippen molar-refractivity contribution in [2.75, 3.05) is 13.2 Å². The molecule has 2 aliphatic rings. The lowest BCUT2D eigenvalue weighted by Crippen LogP contribution is -2.52. The van der Waals surface area contributed by atoms with E-state index in [2.05, 4.69) is 28.2 Å². The minimum atomic E-state index is 0.0152. The SMILES string of the molecule is CC1COCC(C2Cc3c(Br)cccc3C2=O)N1. The van der Waals surface area contributed by atoms with E-state index in [1.165, 1.54) is 0 Å². The highest BCUT2D eigenvalue weighted by molar-refractivity contribution is 9.10. The number of ketones is 1. The summed E-state index contributed by atoms with van der Waals surface area (Å²) in [6, 6.07) is 6.32. The first-order valence-corrected chi connectivity index (χ1v) is 7.11. The highest BCUT2D eigenvalue weighted by Crippen LogP contribution is 2.34. The molecule has 3 unspecified atom stereocenters. The van der Waals surface area contributed by atoms with Gasteiger partial charge in [0.15, 0.2) is 5.78 Å². The van der Waals surface area contributed by atoms with Gasteiger partial charge in [-0.1, -0.05) is 28.1 Å². The molecule has 1 aromatic carbocycles. The van der Waals surface area contributed by atoms with E-state index in [0.29, 0.717) is 12.6 Å². The van der Waals surface area contributed by atoms with Crippen LogP contribution in [0.1, 0.15) is 22.8 Å². The van der Waals surface area contributed by atoms with Gasteiger partial charge < -0.3 is 10.1 Å². The van der Waals surface area contributed by atoms with Gasteiger partial charge in [0.1, 0.15) is 0 Å². The average Bonchev–Trinajstić information content (AvgIpc) is 2.69. The largest absolute Gasteiger partial charge is 0.378 e. The van der Waals surface area contributed by atoms with Crippen LogP contribution in [-0.2, 0) is 11.2 Å². The van der Waals surface area contributed by atoms with Gasteiger partial charge in [-0.2, -0.15) is 0 Å². The molecule has 1 aliphatic heterocycles. The predicted octanol–water partition coefficient (Wildman–Crippen LogP) is 2.18. The average molecular weight is 310 g/mol. The van der Waals surface area contributed by atoms with Crippen LogP contribution >= 0.6 is 15.9 Å². The number of carbonyl (C=O) groups is 1. The number of rotatable bonds is 1. The molecular formula is C14H16BrNO2. The number of hydrogen-bond acceptors (Lipinski definition) is 3. The third kappa shape index (κ3) is 2.02. The van der Waals surface area contributed by atoms with Crippen molar-refractivity contribution in [1.29, 1.82) is 0 Å². The van der Waals surface area contributed by atoms with Crippen LogP contribution in [0.5, 0.6) is 0 Å². The van der Waals surface area contributed by atoms with Crippen molar-refractivity contribution >= 4 is 21.7 Å². The number of morpholine rings is 1. The first-order chi connectivity index (χ1) is 8.66. The van der Waals surface area contributed by atoms with Crippen LogP contribution in [-0.4, -0.2) is 31.1 Å². The maximum atomic E-state index is 12.4. The molecule has 96 valence electrons. The minimum absolute atomic E-state index is 0.0152. The Hall–Kier alpha value is -0.710. The Morgan fingerprint density at radius 2 is 2.22 bits per heavy atom. The second kappa shape index (κ2) is 4.76. The Bertz CT molecular complexity index is 489. The molecule has 3 rings (SSSR count). The molecule has 0 spiro atoms. The van der Waals surface area contributed by atoms with Crippen molar-refractivity contribution in [2.24, 2.45) is 5.92 Å². The first kappa shape index (κ1) is 12.3. The Morgan fingerprint density at radius 1 is 1.39 bits per heavy atom. The van der Waals surface area contributed by atoms with Crippen LogP contribution in [0, 0.1) is 5.92 Å². The smallest absolute Gasteiger partial charge is 0.168 e. The molecule has 1 heterocycles. The summed E-state index contributed by atoms with van der Waals surface area (Å²) in [7, 11) is 0. The standard InChI is InChI=1S/C14H16BrNO2/c1-8-6-18-7-13(16-8)11-5-10-9(14(11)17)3-2-4-12(10)15/h2-4,8,11,13,16H,5-7H2,1H3. The fourth-order valence-electron chi connectivity index (χ4n) is 2.90. The zero-order valence-corrected chi connectivity index (χ0v) is 11.9. The summed E-state index contributed by atoms with van der Waals surface area (Å²) < 4.78 is 6.60. The van der Waals surface area contributed by atoms with Crippen molar-refractivity contribution in [3.8, 4) is 0 Å². The second-order valence-corrected chi connectivity index (χ2v) is 6.01. The molecule has 0 amide bonds. The molecule has 1 N–H and O–H groups in total. The van der Waals surface area contributed by atoms with E-state index in [1.807, 2.05) is 18.2 Å². The van der Waals surface area contributed by atoms with Crippen LogP contribution in [0.4, 0.5) is 0 Å². The van der Waals surface area contributed by atoms with E-state index in [9.17, 15) is 4.79 Å². The highest BCUT2D eigenvalue weighted by atomic mass is 79.9. The van der Waals surface area contributed by atoms with Crippen molar-refractivity contribution in [3.63, 3.8) is 0 Å². The molecule has 1 aromatic rings. The van der Waals surface area contributed by atoms with Crippen molar-refractivity contribution in [2.45, 2.75) is 25.4 Å². The molecule has 0 radical (unpaired) electrons. The van der Waals surface area contributed by atoms with Crippen LogP contribution in [0.15, 0.2) is 22.7 Å². The summed E-state index contributed by atoms with van der Waals surface area (Å²) in [5, 5.41) is 3.48. The first-order valence-electron chi connectivity index (χ1n) is 6.32. The molecule has 3 nitrogen and oxygen atoms in total. The number of halogens is 1. The lowest BCUT2D eigenvalue weighted by molar-refractivity contribution is 0.0321. The quantitative estimate of drug-likeness (QED) is 0.864. The van der Waals surface area contributed by atoms with Gasteiger partial charge in [-0.3, -0.25) is 4.79 Å². The highest BCUT2D eigenvalue weighted by Gasteiger charge is 2.38. The topological polar surface area (TPSA) is 38.3 Å². The fraction of sp³-hybridized carbons (Fsp3) is 0.500. The van der Waals surface area contributed by atoms with Crippen molar-refractivity contribution < 1.29 is 9.53 Å². The van der Waals surface area contributed by atoms with Gasteiger partial charge in [-0.15, -0.1) is 0 Å². The van der Waals surface area contributed by atoms with E-state index in [4.69, 9.17) is 4.74 Å². The summed E-state index contributed by atoms with van der Waals surface area (Å²) in [4.78, 5) is 12.4. The maximum absolute atomic E-state index is 12.4. The summed E-state index contributed by atoms with van der Waals surface area (Å²) in [5.74, 6) is 0.267. The maximum Gasteiger partial charge on any atom is 0.168 e. The van der Waals surface area contributed by atoms with E-state index in [-0.39, 0.29) is 17.7 Å². The zero-order chi connectivity index (χ0) is 12.7. The number of carbonyl (C=O) groups excluding carboxylic acids is 1. The Morgan fingerprint density at radius 3 is 2.94 bits per heavy atom. The molecule has 1 saturated heterocycles. The van der Waals surface area contributed by atoms with Crippen molar-refractivity contribution in [3.05, 3.63) is 33.8 Å². The lowest BCUT2D eigenvalue weighted by atomic mass is 9.94. The second-order valence-electron chi connectivity index (χ2n) is 5.15. The van der Waals surface area contributed by atoms with Gasteiger partial charge >= 0.3 is 0 Å². The number of fused-ring (bicyclic) bond motifs is 1. The van der Waals surface area contributed by atoms with Crippen LogP contribution < -0.4 is 5.32 Å². The number of nitrogens with one attached hydrogen (secondary N) is 1. The van der Waals surface area contributed by atoms with E-state index in [1.54, 1.807) is 0 Å². The zero-order valence-electron chi connectivity index (χ0n) is 10.3. The molecule has 3 atom stereocenters. The molecule has 0 aromatic heterocycles. The van der Waals surface area contributed by atoms with Gasteiger partial charge in [-0.05, 0) is 25.0 Å². The monoisotopic (exact) mass is 309 g/mol. The van der Waals surface area contributed by atoms with Crippen LogP contribution in [0.2, 0.25) is 0 Å². The Labute approximate surface area is 115 Å². The van der Waals surface area contributed by atoms with E-state index < -0.39 is 0 Å². The minimum Gasteiger partial charge on any atom is -0.378 e. The molecule has 4 heteroatoms. The van der Waals surface area contributed by atoms with Crippen LogP contribution in [0.25, 0.3) is 0 Å².